The van der Waals surface area contributed by atoms with E-state index in [0.717, 1.165) is 20.8 Å². The number of rotatable bonds is 5. The van der Waals surface area contributed by atoms with Gasteiger partial charge in [-0.3, -0.25) is 4.79 Å². The third kappa shape index (κ3) is 3.46. The van der Waals surface area contributed by atoms with Crippen LogP contribution in [0.4, 0.5) is 0 Å². The molecular weight excluding hydrogens is 386 g/mol. The number of thiophene rings is 2. The van der Waals surface area contributed by atoms with Crippen molar-refractivity contribution in [3.63, 3.8) is 0 Å². The van der Waals surface area contributed by atoms with Crippen LogP contribution >= 0.6 is 34.3 Å². The summed E-state index contributed by atoms with van der Waals surface area (Å²) in [5.74, 6) is 0.643. The molecule has 1 atom stereocenters. The molecule has 0 unspecified atom stereocenters. The van der Waals surface area contributed by atoms with Gasteiger partial charge in [-0.15, -0.1) is 22.7 Å². The van der Waals surface area contributed by atoms with Crippen molar-refractivity contribution in [2.45, 2.75) is 19.5 Å². The van der Waals surface area contributed by atoms with E-state index < -0.39 is 0 Å². The molecule has 7 heteroatoms. The predicted octanol–water partition coefficient (Wildman–Crippen LogP) is 5.22. The molecular formula is C19H16ClN3OS2. The highest BCUT2D eigenvalue weighted by Gasteiger charge is 2.16. The molecule has 3 heterocycles. The molecule has 0 aliphatic carbocycles. The van der Waals surface area contributed by atoms with E-state index in [1.165, 1.54) is 11.3 Å². The third-order valence-corrected chi connectivity index (χ3v) is 6.17. The highest BCUT2D eigenvalue weighted by atomic mass is 35.5. The Morgan fingerprint density at radius 3 is 2.92 bits per heavy atom. The van der Waals surface area contributed by atoms with Crippen LogP contribution in [0.5, 0.6) is 0 Å². The van der Waals surface area contributed by atoms with Crippen LogP contribution < -0.4 is 10.9 Å². The number of aromatic amines is 1. The van der Waals surface area contributed by atoms with E-state index in [9.17, 15) is 4.79 Å². The normalized spacial score (nSPS) is 12.5. The average molecular weight is 402 g/mol. The number of hydrogen-bond donors (Lipinski definition) is 2. The molecule has 0 aliphatic heterocycles. The summed E-state index contributed by atoms with van der Waals surface area (Å²) in [5.41, 5.74) is 1.95. The van der Waals surface area contributed by atoms with Crippen LogP contribution in [0.3, 0.4) is 0 Å². The first kappa shape index (κ1) is 17.4. The maximum absolute atomic E-state index is 12.7. The summed E-state index contributed by atoms with van der Waals surface area (Å²) in [6.07, 6.45) is 0. The Morgan fingerprint density at radius 1 is 1.27 bits per heavy atom. The highest BCUT2D eigenvalue weighted by molar-refractivity contribution is 7.18. The quantitative estimate of drug-likeness (QED) is 0.482. The Kier molecular flexibility index (Phi) is 4.91. The van der Waals surface area contributed by atoms with Crippen LogP contribution in [0.1, 0.15) is 24.4 Å². The number of halogens is 1. The van der Waals surface area contributed by atoms with Crippen LogP contribution in [0.15, 0.2) is 52.0 Å². The minimum absolute atomic E-state index is 0.0848. The maximum Gasteiger partial charge on any atom is 0.260 e. The van der Waals surface area contributed by atoms with Crippen molar-refractivity contribution in [1.82, 2.24) is 15.3 Å². The zero-order valence-corrected chi connectivity index (χ0v) is 16.3. The molecule has 1 aromatic carbocycles. The topological polar surface area (TPSA) is 57.8 Å². The van der Waals surface area contributed by atoms with Crippen molar-refractivity contribution < 1.29 is 0 Å². The van der Waals surface area contributed by atoms with E-state index in [2.05, 4.69) is 15.3 Å². The van der Waals surface area contributed by atoms with Crippen LogP contribution in [-0.4, -0.2) is 9.97 Å². The second-order valence-electron chi connectivity index (χ2n) is 5.99. The number of H-pyrrole nitrogens is 1. The largest absolute Gasteiger partial charge is 0.309 e. The average Bonchev–Trinajstić information content (AvgIpc) is 3.29. The van der Waals surface area contributed by atoms with E-state index >= 15 is 0 Å². The lowest BCUT2D eigenvalue weighted by molar-refractivity contribution is 0.547. The van der Waals surface area contributed by atoms with Crippen molar-refractivity contribution in [3.8, 4) is 10.4 Å². The molecule has 4 aromatic rings. The molecule has 0 saturated heterocycles. The van der Waals surface area contributed by atoms with E-state index in [0.29, 0.717) is 22.8 Å². The maximum atomic E-state index is 12.7. The molecule has 26 heavy (non-hydrogen) atoms. The lowest BCUT2D eigenvalue weighted by Gasteiger charge is -2.13. The zero-order chi connectivity index (χ0) is 18.1. The fraction of sp³-hybridized carbons (Fsp3) is 0.158. The van der Waals surface area contributed by atoms with Crippen LogP contribution in [-0.2, 0) is 6.54 Å². The van der Waals surface area contributed by atoms with Gasteiger partial charge in [0.25, 0.3) is 5.56 Å². The Hall–Kier alpha value is -1.99. The van der Waals surface area contributed by atoms with Crippen molar-refractivity contribution in [2.75, 3.05) is 0 Å². The summed E-state index contributed by atoms with van der Waals surface area (Å²) in [6, 6.07) is 11.6. The van der Waals surface area contributed by atoms with Crippen molar-refractivity contribution in [2.24, 2.45) is 0 Å². The number of benzene rings is 1. The van der Waals surface area contributed by atoms with Gasteiger partial charge in [-0.2, -0.15) is 0 Å². The highest BCUT2D eigenvalue weighted by Crippen LogP contribution is 2.33. The minimum Gasteiger partial charge on any atom is -0.309 e. The van der Waals surface area contributed by atoms with E-state index in [4.69, 9.17) is 11.6 Å². The Balaban J connectivity index is 1.60. The number of fused-ring (bicyclic) bond motifs is 1. The first-order chi connectivity index (χ1) is 12.6. The van der Waals surface area contributed by atoms with Gasteiger partial charge in [-0.25, -0.2) is 4.98 Å². The van der Waals surface area contributed by atoms with E-state index in [-0.39, 0.29) is 11.6 Å². The summed E-state index contributed by atoms with van der Waals surface area (Å²) >= 11 is 9.15. The second-order valence-corrected chi connectivity index (χ2v) is 8.23. The van der Waals surface area contributed by atoms with Crippen LogP contribution in [0, 0.1) is 0 Å². The molecule has 0 aliphatic rings. The SMILES string of the molecule is C[C@@H](NCc1cccc(Cl)c1)c1nc2scc(-c3cccs3)c2c(=O)[nH]1. The summed E-state index contributed by atoms with van der Waals surface area (Å²) < 4.78 is 0. The Labute approximate surface area is 163 Å². The van der Waals surface area contributed by atoms with E-state index in [1.54, 1.807) is 11.3 Å². The lowest BCUT2D eigenvalue weighted by Crippen LogP contribution is -2.23. The van der Waals surface area contributed by atoms with Crippen LogP contribution in [0.25, 0.3) is 20.7 Å². The molecule has 0 fully saturated rings. The van der Waals surface area contributed by atoms with Gasteiger partial charge in [0.15, 0.2) is 0 Å². The number of aromatic nitrogens is 2. The van der Waals surface area contributed by atoms with Gasteiger partial charge in [-0.1, -0.05) is 29.8 Å². The third-order valence-electron chi connectivity index (χ3n) is 4.16. The van der Waals surface area contributed by atoms with Gasteiger partial charge < -0.3 is 10.3 Å². The molecule has 3 aromatic heterocycles. The van der Waals surface area contributed by atoms with Gasteiger partial charge >= 0.3 is 0 Å². The molecule has 132 valence electrons. The van der Waals surface area contributed by atoms with Crippen molar-refractivity contribution >= 4 is 44.5 Å². The van der Waals surface area contributed by atoms with E-state index in [1.807, 2.05) is 54.1 Å². The van der Waals surface area contributed by atoms with Crippen molar-refractivity contribution in [1.29, 1.82) is 0 Å². The number of hydrogen-bond acceptors (Lipinski definition) is 5. The van der Waals surface area contributed by atoms with Gasteiger partial charge in [0, 0.05) is 27.4 Å². The van der Waals surface area contributed by atoms with Gasteiger partial charge in [0.05, 0.1) is 11.4 Å². The monoisotopic (exact) mass is 401 g/mol. The first-order valence-corrected chi connectivity index (χ1v) is 10.3. The Bertz CT molecular complexity index is 1100. The summed E-state index contributed by atoms with van der Waals surface area (Å²) in [6.45, 7) is 2.64. The molecule has 4 rings (SSSR count). The second kappa shape index (κ2) is 7.32. The molecule has 0 spiro atoms. The Morgan fingerprint density at radius 2 is 2.15 bits per heavy atom. The fourth-order valence-electron chi connectivity index (χ4n) is 2.80. The molecule has 0 saturated carbocycles. The van der Waals surface area contributed by atoms with Gasteiger partial charge in [-0.05, 0) is 36.1 Å². The molecule has 0 amide bonds. The van der Waals surface area contributed by atoms with Crippen LogP contribution in [0.2, 0.25) is 5.02 Å². The standard InChI is InChI=1S/C19H16ClN3OS2/c1-11(21-9-12-4-2-5-13(20)8-12)17-22-18(24)16-14(10-26-19(16)23-17)15-6-3-7-25-15/h2-8,10-11,21H,9H2,1H3,(H,22,23,24)/t11-/m1/s1. The summed E-state index contributed by atoms with van der Waals surface area (Å²) in [4.78, 5) is 22.1. The van der Waals surface area contributed by atoms with Crippen molar-refractivity contribution in [3.05, 3.63) is 73.9 Å². The smallest absolute Gasteiger partial charge is 0.260 e. The summed E-state index contributed by atoms with van der Waals surface area (Å²) in [5, 5.41) is 8.78. The molecule has 4 nitrogen and oxygen atoms in total. The molecule has 0 bridgehead atoms. The lowest BCUT2D eigenvalue weighted by atomic mass is 10.2. The predicted molar refractivity (Wildman–Crippen MR) is 110 cm³/mol. The van der Waals surface area contributed by atoms with Gasteiger partial charge in [0.2, 0.25) is 0 Å². The fourth-order valence-corrected chi connectivity index (χ4v) is 4.78. The number of nitrogens with one attached hydrogen (secondary N) is 2. The molecule has 2 N–H and O–H groups in total. The summed E-state index contributed by atoms with van der Waals surface area (Å²) in [7, 11) is 0. The zero-order valence-electron chi connectivity index (χ0n) is 14.0. The van der Waals surface area contributed by atoms with Gasteiger partial charge in [0.1, 0.15) is 10.7 Å². The molecule has 0 radical (unpaired) electrons. The number of nitrogens with zero attached hydrogens (tertiary/aromatic N) is 1. The first-order valence-electron chi connectivity index (χ1n) is 8.15. The minimum atomic E-state index is -0.0916.